The fraction of sp³-hybridized carbons (Fsp3) is 0.333. The van der Waals surface area contributed by atoms with E-state index >= 15 is 0 Å². The largest absolute Gasteiger partial charge is 0.574 e. The number of rotatable bonds is 2. The van der Waals surface area contributed by atoms with E-state index in [-0.39, 0.29) is 0 Å². The lowest BCUT2D eigenvalue weighted by molar-refractivity contribution is -0.276. The summed E-state index contributed by atoms with van der Waals surface area (Å²) in [5.41, 5.74) is -1.85. The Morgan fingerprint density at radius 3 is 2.26 bits per heavy atom. The predicted octanol–water partition coefficient (Wildman–Crippen LogP) is 3.67. The highest BCUT2D eigenvalue weighted by molar-refractivity contribution is 14.1. The second kappa shape index (κ2) is 5.40. The minimum Gasteiger partial charge on any atom is -0.388 e. The van der Waals surface area contributed by atoms with Crippen molar-refractivity contribution < 1.29 is 31.1 Å². The maximum Gasteiger partial charge on any atom is 0.574 e. The predicted molar refractivity (Wildman–Crippen MR) is 58.0 cm³/mol. The first-order valence-corrected chi connectivity index (χ1v) is 5.52. The number of nitrogens with zero attached hydrogens (tertiary/aromatic N) is 2. The van der Waals surface area contributed by atoms with Crippen molar-refractivity contribution in [2.45, 2.75) is 19.0 Å². The number of hydrogen-bond donors (Lipinski definition) is 0. The molecule has 0 aliphatic heterocycles. The van der Waals surface area contributed by atoms with Gasteiger partial charge in [0.25, 0.3) is 0 Å². The molecule has 3 nitrogen and oxygen atoms in total. The normalized spacial score (nSPS) is 12.1. The van der Waals surface area contributed by atoms with Crippen LogP contribution in [0.25, 0.3) is 0 Å². The van der Waals surface area contributed by atoms with Crippen molar-refractivity contribution in [2.24, 2.45) is 0 Å². The second-order valence-corrected chi connectivity index (χ2v) is 4.19. The van der Waals surface area contributed by atoms with Gasteiger partial charge in [-0.25, -0.2) is 4.98 Å². The SMILES string of the molecule is N#CCc1cc(OC(F)(F)F)nc(I)c1C(F)(F)F. The highest BCUT2D eigenvalue weighted by Crippen LogP contribution is 2.37. The van der Waals surface area contributed by atoms with E-state index in [2.05, 4.69) is 9.72 Å². The van der Waals surface area contributed by atoms with Crippen LogP contribution in [0.3, 0.4) is 0 Å². The van der Waals surface area contributed by atoms with Crippen LogP contribution in [0.5, 0.6) is 5.88 Å². The first-order valence-electron chi connectivity index (χ1n) is 4.44. The first kappa shape index (κ1) is 15.8. The molecule has 0 saturated carbocycles. The van der Waals surface area contributed by atoms with Gasteiger partial charge in [0, 0.05) is 6.07 Å². The molecule has 1 heterocycles. The average molecular weight is 396 g/mol. The van der Waals surface area contributed by atoms with E-state index in [0.717, 1.165) is 22.6 Å². The van der Waals surface area contributed by atoms with Crippen LogP contribution in [0, 0.1) is 15.0 Å². The van der Waals surface area contributed by atoms with Gasteiger partial charge in [-0.2, -0.15) is 18.4 Å². The van der Waals surface area contributed by atoms with Crippen LogP contribution in [0.2, 0.25) is 0 Å². The highest BCUT2D eigenvalue weighted by Gasteiger charge is 2.38. The second-order valence-electron chi connectivity index (χ2n) is 3.17. The zero-order valence-corrected chi connectivity index (χ0v) is 10.9. The highest BCUT2D eigenvalue weighted by atomic mass is 127. The summed E-state index contributed by atoms with van der Waals surface area (Å²) in [4.78, 5) is 3.08. The smallest absolute Gasteiger partial charge is 0.388 e. The molecule has 0 aliphatic carbocycles. The molecule has 0 atom stereocenters. The molecule has 19 heavy (non-hydrogen) atoms. The Morgan fingerprint density at radius 2 is 1.84 bits per heavy atom. The number of nitriles is 1. The van der Waals surface area contributed by atoms with Crippen molar-refractivity contribution in [1.29, 1.82) is 5.26 Å². The summed E-state index contributed by atoms with van der Waals surface area (Å²) >= 11 is 1.14. The number of alkyl halides is 6. The summed E-state index contributed by atoms with van der Waals surface area (Å²) in [6.45, 7) is 0. The van der Waals surface area contributed by atoms with Gasteiger partial charge >= 0.3 is 12.5 Å². The third-order valence-electron chi connectivity index (χ3n) is 1.81. The van der Waals surface area contributed by atoms with Gasteiger partial charge in [0.05, 0.1) is 18.1 Å². The molecule has 1 aromatic rings. The third-order valence-corrected chi connectivity index (χ3v) is 2.59. The molecule has 0 bridgehead atoms. The Bertz CT molecular complexity index is 519. The number of aromatic nitrogens is 1. The molecule has 0 unspecified atom stereocenters. The summed E-state index contributed by atoms with van der Waals surface area (Å²) in [7, 11) is 0. The number of ether oxygens (including phenoxy) is 1. The van der Waals surface area contributed by atoms with E-state index in [1.54, 1.807) is 0 Å². The van der Waals surface area contributed by atoms with Gasteiger partial charge in [-0.3, -0.25) is 0 Å². The minimum atomic E-state index is -5.07. The number of halogens is 7. The van der Waals surface area contributed by atoms with Gasteiger partial charge in [0.1, 0.15) is 3.70 Å². The van der Waals surface area contributed by atoms with Crippen LogP contribution in [0.15, 0.2) is 6.07 Å². The van der Waals surface area contributed by atoms with Crippen LogP contribution in [0.4, 0.5) is 26.3 Å². The van der Waals surface area contributed by atoms with Gasteiger partial charge in [-0.15, -0.1) is 13.2 Å². The molecule has 10 heteroatoms. The van der Waals surface area contributed by atoms with Crippen LogP contribution in [0.1, 0.15) is 11.1 Å². The van der Waals surface area contributed by atoms with Crippen molar-refractivity contribution in [3.63, 3.8) is 0 Å². The molecule has 104 valence electrons. The molecule has 0 fully saturated rings. The monoisotopic (exact) mass is 396 g/mol. The zero-order valence-electron chi connectivity index (χ0n) is 8.73. The maximum absolute atomic E-state index is 12.7. The van der Waals surface area contributed by atoms with Gasteiger partial charge < -0.3 is 4.74 Å². The zero-order chi connectivity index (χ0) is 14.8. The Hall–Kier alpha value is -1.25. The Labute approximate surface area is 116 Å². The van der Waals surface area contributed by atoms with E-state index in [4.69, 9.17) is 5.26 Å². The number of pyridine rings is 1. The van der Waals surface area contributed by atoms with E-state index in [1.807, 2.05) is 0 Å². The van der Waals surface area contributed by atoms with E-state index < -0.39 is 39.7 Å². The standard InChI is InChI=1S/C9H3F6IN2O/c10-8(11,12)6-4(1-2-17)3-5(18-7(6)16)19-9(13,14)15/h3H,1H2. The first-order chi connectivity index (χ1) is 8.54. The summed E-state index contributed by atoms with van der Waals surface area (Å²) < 4.78 is 76.7. The Morgan fingerprint density at radius 1 is 1.26 bits per heavy atom. The molecular formula is C9H3F6IN2O. The van der Waals surface area contributed by atoms with Gasteiger partial charge in [-0.1, -0.05) is 0 Å². The minimum absolute atomic E-state index is 0.460. The van der Waals surface area contributed by atoms with Gasteiger partial charge in [0.15, 0.2) is 0 Å². The summed E-state index contributed by atoms with van der Waals surface area (Å²) in [6.07, 6.45) is -10.6. The van der Waals surface area contributed by atoms with Gasteiger partial charge in [0.2, 0.25) is 5.88 Å². The third kappa shape index (κ3) is 4.41. The van der Waals surface area contributed by atoms with Crippen LogP contribution in [-0.4, -0.2) is 11.3 Å². The summed E-state index contributed by atoms with van der Waals surface area (Å²) in [5.74, 6) is -1.03. The summed E-state index contributed by atoms with van der Waals surface area (Å²) in [6, 6.07) is 1.91. The van der Waals surface area contributed by atoms with Gasteiger partial charge in [-0.05, 0) is 28.2 Å². The molecule has 0 saturated heterocycles. The average Bonchev–Trinajstić information content (AvgIpc) is 2.11. The lowest BCUT2D eigenvalue weighted by Gasteiger charge is -2.15. The fourth-order valence-electron chi connectivity index (χ4n) is 1.23. The van der Waals surface area contributed by atoms with E-state index in [0.29, 0.717) is 6.07 Å². The van der Waals surface area contributed by atoms with Crippen molar-refractivity contribution in [1.82, 2.24) is 4.98 Å². The lowest BCUT2D eigenvalue weighted by atomic mass is 10.1. The van der Waals surface area contributed by atoms with Crippen LogP contribution < -0.4 is 4.74 Å². The van der Waals surface area contributed by atoms with Crippen molar-refractivity contribution >= 4 is 22.6 Å². The molecule has 0 N–H and O–H groups in total. The molecule has 0 spiro atoms. The molecular weight excluding hydrogens is 393 g/mol. The lowest BCUT2D eigenvalue weighted by Crippen LogP contribution is -2.20. The van der Waals surface area contributed by atoms with E-state index in [1.165, 1.54) is 6.07 Å². The Kier molecular flexibility index (Phi) is 4.49. The molecule has 1 aromatic heterocycles. The molecule has 0 radical (unpaired) electrons. The fourth-order valence-corrected chi connectivity index (χ4v) is 2.12. The van der Waals surface area contributed by atoms with Crippen LogP contribution in [-0.2, 0) is 12.6 Å². The maximum atomic E-state index is 12.7. The number of hydrogen-bond acceptors (Lipinski definition) is 3. The summed E-state index contributed by atoms with van der Waals surface area (Å²) in [5, 5.41) is 8.42. The molecule has 0 amide bonds. The van der Waals surface area contributed by atoms with Crippen molar-refractivity contribution in [3.8, 4) is 11.9 Å². The topological polar surface area (TPSA) is 45.9 Å². The molecule has 0 aromatic carbocycles. The Balaban J connectivity index is 3.34. The van der Waals surface area contributed by atoms with Crippen LogP contribution >= 0.6 is 22.6 Å². The van der Waals surface area contributed by atoms with Crippen molar-refractivity contribution in [2.75, 3.05) is 0 Å². The van der Waals surface area contributed by atoms with E-state index in [9.17, 15) is 26.3 Å². The quantitative estimate of drug-likeness (QED) is 0.436. The van der Waals surface area contributed by atoms with Crippen molar-refractivity contribution in [3.05, 3.63) is 20.9 Å². The molecule has 0 aliphatic rings. The molecule has 1 rings (SSSR count).